The van der Waals surface area contributed by atoms with Crippen molar-refractivity contribution in [2.45, 2.75) is 45.1 Å². The van der Waals surface area contributed by atoms with Gasteiger partial charge in [-0.2, -0.15) is 0 Å². The monoisotopic (exact) mass is 289 g/mol. The molecule has 2 aliphatic rings. The van der Waals surface area contributed by atoms with Gasteiger partial charge in [-0.25, -0.2) is 0 Å². The van der Waals surface area contributed by atoms with Crippen molar-refractivity contribution in [1.82, 2.24) is 4.90 Å². The van der Waals surface area contributed by atoms with Gasteiger partial charge in [0.1, 0.15) is 6.10 Å². The Labute approximate surface area is 126 Å². The molecule has 0 bridgehead atoms. The molecule has 114 valence electrons. The molecule has 1 aromatic rings. The first-order valence-electron chi connectivity index (χ1n) is 7.80. The molecule has 4 atom stereocenters. The molecule has 4 unspecified atom stereocenters. The van der Waals surface area contributed by atoms with Gasteiger partial charge < -0.3 is 9.47 Å². The maximum atomic E-state index is 12.0. The van der Waals surface area contributed by atoms with Gasteiger partial charge in [0.15, 0.2) is 0 Å². The number of epoxide rings is 1. The number of benzene rings is 1. The molecule has 3 rings (SSSR count). The van der Waals surface area contributed by atoms with Gasteiger partial charge in [0.25, 0.3) is 0 Å². The van der Waals surface area contributed by atoms with Crippen LogP contribution in [-0.4, -0.2) is 42.3 Å². The molecule has 0 amide bonds. The highest BCUT2D eigenvalue weighted by Gasteiger charge is 2.54. The van der Waals surface area contributed by atoms with Crippen molar-refractivity contribution in [3.63, 3.8) is 0 Å². The Morgan fingerprint density at radius 2 is 2.10 bits per heavy atom. The van der Waals surface area contributed by atoms with E-state index in [0.717, 1.165) is 19.5 Å². The summed E-state index contributed by atoms with van der Waals surface area (Å²) >= 11 is 0. The predicted octanol–water partition coefficient (Wildman–Crippen LogP) is 2.23. The van der Waals surface area contributed by atoms with E-state index in [0.29, 0.717) is 12.6 Å². The van der Waals surface area contributed by atoms with Crippen molar-refractivity contribution in [3.8, 4) is 0 Å². The first-order chi connectivity index (χ1) is 10.2. The molecule has 1 aromatic carbocycles. The molecule has 21 heavy (non-hydrogen) atoms. The third-order valence-electron chi connectivity index (χ3n) is 4.55. The lowest BCUT2D eigenvalue weighted by Gasteiger charge is -2.27. The fourth-order valence-corrected chi connectivity index (χ4v) is 3.27. The molecule has 4 heteroatoms. The summed E-state index contributed by atoms with van der Waals surface area (Å²) in [4.78, 5) is 14.5. The number of likely N-dealkylation sites (tertiary alicyclic amines) is 1. The van der Waals surface area contributed by atoms with E-state index >= 15 is 0 Å². The highest BCUT2D eigenvalue weighted by molar-refractivity contribution is 5.73. The first-order valence-corrected chi connectivity index (χ1v) is 7.80. The van der Waals surface area contributed by atoms with E-state index in [1.54, 1.807) is 0 Å². The summed E-state index contributed by atoms with van der Waals surface area (Å²) in [6.07, 6.45) is 1.04. The summed E-state index contributed by atoms with van der Waals surface area (Å²) in [5, 5.41) is 0. The maximum absolute atomic E-state index is 12.0. The lowest BCUT2D eigenvalue weighted by Crippen LogP contribution is -2.36. The average molecular weight is 289 g/mol. The van der Waals surface area contributed by atoms with Gasteiger partial charge in [-0.15, -0.1) is 0 Å². The Morgan fingerprint density at radius 1 is 1.33 bits per heavy atom. The molecule has 0 saturated carbocycles. The van der Waals surface area contributed by atoms with E-state index in [9.17, 15) is 4.79 Å². The zero-order valence-corrected chi connectivity index (χ0v) is 12.7. The summed E-state index contributed by atoms with van der Waals surface area (Å²) in [5.41, 5.74) is 1.30. The van der Waals surface area contributed by atoms with Crippen LogP contribution in [0.2, 0.25) is 0 Å². The molecule has 0 aliphatic carbocycles. The van der Waals surface area contributed by atoms with Crippen LogP contribution < -0.4 is 0 Å². The highest BCUT2D eigenvalue weighted by atomic mass is 16.6. The van der Waals surface area contributed by atoms with Gasteiger partial charge in [0.05, 0.1) is 18.6 Å². The zero-order valence-electron chi connectivity index (χ0n) is 12.7. The molecule has 2 saturated heterocycles. The summed E-state index contributed by atoms with van der Waals surface area (Å²) in [6.45, 7) is 6.31. The standard InChI is InChI=1S/C17H23NO3/c1-3-20-17(19)14-9-10-18(12(2)15-16(14)21-15)11-13-7-5-4-6-8-13/h4-8,12,14-16H,3,9-11H2,1-2H3. The van der Waals surface area contributed by atoms with Crippen molar-refractivity contribution in [3.05, 3.63) is 35.9 Å². The number of ether oxygens (including phenoxy) is 2. The largest absolute Gasteiger partial charge is 0.466 e. The molecule has 4 nitrogen and oxygen atoms in total. The Hall–Kier alpha value is -1.39. The number of carbonyl (C=O) groups excluding carboxylic acids is 1. The molecule has 0 radical (unpaired) electrons. The Kier molecular flexibility index (Phi) is 4.27. The van der Waals surface area contributed by atoms with Gasteiger partial charge in [0, 0.05) is 12.6 Å². The van der Waals surface area contributed by atoms with Crippen LogP contribution in [0.25, 0.3) is 0 Å². The van der Waals surface area contributed by atoms with Gasteiger partial charge in [-0.05, 0) is 32.4 Å². The summed E-state index contributed by atoms with van der Waals surface area (Å²) in [6, 6.07) is 10.8. The normalized spacial score (nSPS) is 32.1. The predicted molar refractivity (Wildman–Crippen MR) is 79.7 cm³/mol. The van der Waals surface area contributed by atoms with Crippen molar-refractivity contribution < 1.29 is 14.3 Å². The fourth-order valence-electron chi connectivity index (χ4n) is 3.27. The molecule has 2 aliphatic heterocycles. The average Bonchev–Trinajstić information content (AvgIpc) is 3.27. The Morgan fingerprint density at radius 3 is 2.81 bits per heavy atom. The van der Waals surface area contributed by atoms with Crippen molar-refractivity contribution in [1.29, 1.82) is 0 Å². The van der Waals surface area contributed by atoms with Crippen LogP contribution in [0.15, 0.2) is 30.3 Å². The van der Waals surface area contributed by atoms with Crippen LogP contribution in [0.5, 0.6) is 0 Å². The number of hydrogen-bond donors (Lipinski definition) is 0. The number of carbonyl (C=O) groups is 1. The van der Waals surface area contributed by atoms with Gasteiger partial charge in [-0.3, -0.25) is 9.69 Å². The minimum absolute atomic E-state index is 0.0554. The minimum Gasteiger partial charge on any atom is -0.466 e. The third kappa shape index (κ3) is 3.11. The second kappa shape index (κ2) is 6.16. The van der Waals surface area contributed by atoms with Crippen LogP contribution >= 0.6 is 0 Å². The topological polar surface area (TPSA) is 42.1 Å². The van der Waals surface area contributed by atoms with Crippen LogP contribution in [0.4, 0.5) is 0 Å². The van der Waals surface area contributed by atoms with E-state index in [4.69, 9.17) is 9.47 Å². The molecule has 2 heterocycles. The van der Waals surface area contributed by atoms with Gasteiger partial charge in [-0.1, -0.05) is 30.3 Å². The van der Waals surface area contributed by atoms with Gasteiger partial charge in [0.2, 0.25) is 0 Å². The van der Waals surface area contributed by atoms with Crippen LogP contribution in [0, 0.1) is 5.92 Å². The third-order valence-corrected chi connectivity index (χ3v) is 4.55. The smallest absolute Gasteiger partial charge is 0.311 e. The molecule has 0 spiro atoms. The molecular formula is C17H23NO3. The van der Waals surface area contributed by atoms with E-state index in [1.165, 1.54) is 5.56 Å². The van der Waals surface area contributed by atoms with E-state index in [-0.39, 0.29) is 24.1 Å². The molecule has 0 aromatic heterocycles. The Balaban J connectivity index is 1.67. The van der Waals surface area contributed by atoms with Crippen molar-refractivity contribution in [2.75, 3.05) is 13.2 Å². The second-order valence-electron chi connectivity index (χ2n) is 5.91. The lowest BCUT2D eigenvalue weighted by atomic mass is 9.99. The van der Waals surface area contributed by atoms with E-state index in [2.05, 4.69) is 36.1 Å². The van der Waals surface area contributed by atoms with E-state index in [1.807, 2.05) is 13.0 Å². The molecular weight excluding hydrogens is 266 g/mol. The van der Waals surface area contributed by atoms with Crippen LogP contribution in [0.1, 0.15) is 25.8 Å². The lowest BCUT2D eigenvalue weighted by molar-refractivity contribution is -0.149. The highest BCUT2D eigenvalue weighted by Crippen LogP contribution is 2.39. The number of nitrogens with zero attached hydrogens (tertiary/aromatic N) is 1. The SMILES string of the molecule is CCOC(=O)C1CCN(Cc2ccccc2)C(C)C2OC12. The molecule has 0 N–H and O–H groups in total. The zero-order chi connectivity index (χ0) is 14.8. The fraction of sp³-hybridized carbons (Fsp3) is 0.588. The van der Waals surface area contributed by atoms with Crippen LogP contribution in [0.3, 0.4) is 0 Å². The quantitative estimate of drug-likeness (QED) is 0.629. The van der Waals surface area contributed by atoms with E-state index < -0.39 is 0 Å². The summed E-state index contributed by atoms with van der Waals surface area (Å²) in [5.74, 6) is -0.197. The number of rotatable bonds is 4. The van der Waals surface area contributed by atoms with Gasteiger partial charge >= 0.3 is 5.97 Å². The number of esters is 1. The summed E-state index contributed by atoms with van der Waals surface area (Å²) < 4.78 is 11.0. The summed E-state index contributed by atoms with van der Waals surface area (Å²) in [7, 11) is 0. The number of hydrogen-bond acceptors (Lipinski definition) is 4. The second-order valence-corrected chi connectivity index (χ2v) is 5.91. The molecule has 2 fully saturated rings. The first kappa shape index (κ1) is 14.5. The minimum atomic E-state index is -0.0989. The Bertz CT molecular complexity index is 490. The van der Waals surface area contributed by atoms with Crippen LogP contribution in [-0.2, 0) is 20.8 Å². The van der Waals surface area contributed by atoms with Crippen molar-refractivity contribution >= 4 is 5.97 Å². The maximum Gasteiger partial charge on any atom is 0.311 e. The van der Waals surface area contributed by atoms with Crippen molar-refractivity contribution in [2.24, 2.45) is 5.92 Å². The number of fused-ring (bicyclic) bond motifs is 1.